The Hall–Kier alpha value is -4.01. The molecule has 0 saturated heterocycles. The molecule has 1 aromatic heterocycles. The second-order valence-electron chi connectivity index (χ2n) is 6.78. The first-order chi connectivity index (χ1) is 13.9. The van der Waals surface area contributed by atoms with Crippen molar-refractivity contribution in [2.45, 2.75) is 19.4 Å². The second-order valence-corrected chi connectivity index (χ2v) is 6.78. The third-order valence-electron chi connectivity index (χ3n) is 4.72. The van der Waals surface area contributed by atoms with Crippen LogP contribution in [0.5, 0.6) is 0 Å². The van der Waals surface area contributed by atoms with E-state index in [1.807, 2.05) is 31.2 Å². The summed E-state index contributed by atoms with van der Waals surface area (Å²) in [6, 6.07) is 12.7. The van der Waals surface area contributed by atoms with Gasteiger partial charge in [-0.25, -0.2) is 4.68 Å². The highest BCUT2D eigenvalue weighted by Crippen LogP contribution is 2.35. The third-order valence-corrected chi connectivity index (χ3v) is 4.72. The molecule has 2 aromatic carbocycles. The van der Waals surface area contributed by atoms with Gasteiger partial charge in [0, 0.05) is 23.4 Å². The number of rotatable bonds is 5. The summed E-state index contributed by atoms with van der Waals surface area (Å²) in [7, 11) is 0. The summed E-state index contributed by atoms with van der Waals surface area (Å²) in [5.41, 5.74) is 2.98. The molecule has 1 atom stereocenters. The van der Waals surface area contributed by atoms with Gasteiger partial charge in [0.2, 0.25) is 5.91 Å². The molecule has 1 aliphatic rings. The number of nitrogens with zero attached hydrogens (tertiary/aromatic N) is 3. The molecular weight excluding hydrogens is 374 g/mol. The number of fused-ring (bicyclic) bond motifs is 1. The maximum Gasteiger partial charge on any atom is 0.271 e. The summed E-state index contributed by atoms with van der Waals surface area (Å²) in [4.78, 5) is 35.2. The topological polar surface area (TPSA) is 119 Å². The average Bonchev–Trinajstić information content (AvgIpc) is 3.22. The molecule has 4 rings (SSSR count). The maximum atomic E-state index is 12.4. The van der Waals surface area contributed by atoms with Gasteiger partial charge in [0.1, 0.15) is 11.9 Å². The predicted octanol–water partition coefficient (Wildman–Crippen LogP) is 3.29. The lowest BCUT2D eigenvalue weighted by molar-refractivity contribution is -0.384. The summed E-state index contributed by atoms with van der Waals surface area (Å²) in [6.45, 7) is 1.99. The van der Waals surface area contributed by atoms with Crippen LogP contribution in [0.2, 0.25) is 0 Å². The van der Waals surface area contributed by atoms with E-state index in [2.05, 4.69) is 15.7 Å². The van der Waals surface area contributed by atoms with Crippen LogP contribution in [-0.4, -0.2) is 26.5 Å². The standard InChI is InChI=1S/C20H17N5O4/c1-12-5-7-13(8-6-12)16-11-21-24-17(20(27)23-19(16)24)10-18(26)22-14-3-2-4-15(9-14)25(28)29/h2-9,11,17H,10H2,1H3,(H,22,26)(H,23,27). The number of carbonyl (C=O) groups is 2. The van der Waals surface area contributed by atoms with E-state index in [0.717, 1.165) is 16.7 Å². The van der Waals surface area contributed by atoms with Crippen LogP contribution >= 0.6 is 0 Å². The van der Waals surface area contributed by atoms with Crippen LogP contribution in [-0.2, 0) is 9.59 Å². The van der Waals surface area contributed by atoms with Gasteiger partial charge in [0.25, 0.3) is 11.6 Å². The summed E-state index contributed by atoms with van der Waals surface area (Å²) in [5, 5.41) is 20.5. The van der Waals surface area contributed by atoms with Crippen molar-refractivity contribution in [3.63, 3.8) is 0 Å². The smallest absolute Gasteiger partial charge is 0.271 e. The fourth-order valence-corrected chi connectivity index (χ4v) is 3.24. The van der Waals surface area contributed by atoms with Gasteiger partial charge < -0.3 is 10.6 Å². The fourth-order valence-electron chi connectivity index (χ4n) is 3.24. The number of aromatic nitrogens is 2. The highest BCUT2D eigenvalue weighted by Gasteiger charge is 2.35. The number of hydrogen-bond acceptors (Lipinski definition) is 5. The van der Waals surface area contributed by atoms with E-state index in [1.165, 1.54) is 22.9 Å². The Morgan fingerprint density at radius 1 is 1.28 bits per heavy atom. The second kappa shape index (κ2) is 7.19. The Bertz CT molecular complexity index is 1120. The van der Waals surface area contributed by atoms with E-state index >= 15 is 0 Å². The molecule has 0 saturated carbocycles. The summed E-state index contributed by atoms with van der Waals surface area (Å²) in [5.74, 6) is -0.214. The predicted molar refractivity (Wildman–Crippen MR) is 106 cm³/mol. The largest absolute Gasteiger partial charge is 0.326 e. The first-order valence-corrected chi connectivity index (χ1v) is 8.92. The molecule has 2 N–H and O–H groups in total. The zero-order valence-corrected chi connectivity index (χ0v) is 15.5. The summed E-state index contributed by atoms with van der Waals surface area (Å²) < 4.78 is 1.50. The Kier molecular flexibility index (Phi) is 4.55. The van der Waals surface area contributed by atoms with Crippen LogP contribution in [0.15, 0.2) is 54.7 Å². The van der Waals surface area contributed by atoms with Crippen LogP contribution in [0.4, 0.5) is 17.2 Å². The van der Waals surface area contributed by atoms with Gasteiger partial charge in [0.05, 0.1) is 17.5 Å². The number of carbonyl (C=O) groups excluding carboxylic acids is 2. The molecule has 29 heavy (non-hydrogen) atoms. The Balaban J connectivity index is 1.52. The lowest BCUT2D eigenvalue weighted by atomic mass is 10.1. The zero-order valence-electron chi connectivity index (χ0n) is 15.5. The van der Waals surface area contributed by atoms with Crippen molar-refractivity contribution >= 4 is 29.0 Å². The van der Waals surface area contributed by atoms with Gasteiger partial charge in [-0.1, -0.05) is 35.9 Å². The molecule has 0 spiro atoms. The molecule has 2 heterocycles. The van der Waals surface area contributed by atoms with Crippen LogP contribution in [0.25, 0.3) is 11.1 Å². The molecule has 1 aliphatic heterocycles. The maximum absolute atomic E-state index is 12.4. The summed E-state index contributed by atoms with van der Waals surface area (Å²) in [6.07, 6.45) is 1.52. The minimum absolute atomic E-state index is 0.126. The minimum atomic E-state index is -0.789. The van der Waals surface area contributed by atoms with Crippen molar-refractivity contribution in [1.29, 1.82) is 0 Å². The van der Waals surface area contributed by atoms with Crippen molar-refractivity contribution in [3.8, 4) is 11.1 Å². The lowest BCUT2D eigenvalue weighted by Gasteiger charge is -2.09. The van der Waals surface area contributed by atoms with Gasteiger partial charge in [-0.15, -0.1) is 0 Å². The lowest BCUT2D eigenvalue weighted by Crippen LogP contribution is -2.23. The number of anilines is 2. The highest BCUT2D eigenvalue weighted by molar-refractivity contribution is 6.04. The Morgan fingerprint density at radius 3 is 2.76 bits per heavy atom. The molecule has 0 fully saturated rings. The van der Waals surface area contributed by atoms with E-state index in [0.29, 0.717) is 11.5 Å². The molecule has 2 amide bonds. The highest BCUT2D eigenvalue weighted by atomic mass is 16.6. The fraction of sp³-hybridized carbons (Fsp3) is 0.150. The van der Waals surface area contributed by atoms with Crippen molar-refractivity contribution in [2.24, 2.45) is 0 Å². The first kappa shape index (κ1) is 18.4. The monoisotopic (exact) mass is 391 g/mol. The van der Waals surface area contributed by atoms with Gasteiger partial charge >= 0.3 is 0 Å². The molecule has 0 radical (unpaired) electrons. The number of benzene rings is 2. The van der Waals surface area contributed by atoms with Crippen LogP contribution in [0.1, 0.15) is 18.0 Å². The Labute approximate surface area is 165 Å². The molecule has 0 bridgehead atoms. The Morgan fingerprint density at radius 2 is 2.03 bits per heavy atom. The van der Waals surface area contributed by atoms with Crippen LogP contribution in [0.3, 0.4) is 0 Å². The van der Waals surface area contributed by atoms with E-state index in [4.69, 9.17) is 0 Å². The summed E-state index contributed by atoms with van der Waals surface area (Å²) >= 11 is 0. The normalized spacial score (nSPS) is 14.9. The molecule has 0 aliphatic carbocycles. The molecule has 1 unspecified atom stereocenters. The third kappa shape index (κ3) is 3.57. The van der Waals surface area contributed by atoms with E-state index < -0.39 is 16.9 Å². The number of aryl methyl sites for hydroxylation is 1. The van der Waals surface area contributed by atoms with Crippen molar-refractivity contribution in [1.82, 2.24) is 9.78 Å². The number of hydrogen-bond donors (Lipinski definition) is 2. The minimum Gasteiger partial charge on any atom is -0.326 e. The zero-order chi connectivity index (χ0) is 20.5. The van der Waals surface area contributed by atoms with Gasteiger partial charge in [-0.05, 0) is 18.6 Å². The van der Waals surface area contributed by atoms with Crippen LogP contribution in [0, 0.1) is 17.0 Å². The van der Waals surface area contributed by atoms with Crippen molar-refractivity contribution in [2.75, 3.05) is 10.6 Å². The van der Waals surface area contributed by atoms with E-state index in [9.17, 15) is 19.7 Å². The average molecular weight is 391 g/mol. The van der Waals surface area contributed by atoms with Crippen LogP contribution < -0.4 is 10.6 Å². The first-order valence-electron chi connectivity index (χ1n) is 8.92. The van der Waals surface area contributed by atoms with Gasteiger partial charge in [-0.3, -0.25) is 19.7 Å². The molecule has 9 heteroatoms. The van der Waals surface area contributed by atoms with Gasteiger partial charge in [0.15, 0.2) is 0 Å². The van der Waals surface area contributed by atoms with Gasteiger partial charge in [-0.2, -0.15) is 5.10 Å². The number of nitro benzene ring substituents is 1. The SMILES string of the molecule is Cc1ccc(-c2cnn3c2NC(=O)C3CC(=O)Nc2cccc([N+](=O)[O-])c2)cc1. The van der Waals surface area contributed by atoms with E-state index in [-0.39, 0.29) is 18.0 Å². The number of non-ortho nitro benzene ring substituents is 1. The number of amides is 2. The quantitative estimate of drug-likeness (QED) is 0.511. The number of nitro groups is 1. The molecule has 146 valence electrons. The molecule has 9 nitrogen and oxygen atoms in total. The molecular formula is C20H17N5O4. The molecule has 3 aromatic rings. The van der Waals surface area contributed by atoms with Crippen molar-refractivity contribution < 1.29 is 14.5 Å². The van der Waals surface area contributed by atoms with E-state index in [1.54, 1.807) is 12.3 Å². The van der Waals surface area contributed by atoms with Crippen molar-refractivity contribution in [3.05, 3.63) is 70.4 Å². The number of nitrogens with one attached hydrogen (secondary N) is 2.